The van der Waals surface area contributed by atoms with Crippen molar-refractivity contribution in [2.24, 2.45) is 0 Å². The Bertz CT molecular complexity index is 24.8. The van der Waals surface area contributed by atoms with Gasteiger partial charge in [-0.3, -0.25) is 0 Å². The summed E-state index contributed by atoms with van der Waals surface area (Å²) in [7, 11) is 0. The van der Waals surface area contributed by atoms with Gasteiger partial charge in [0.05, 0.1) is 0 Å². The van der Waals surface area contributed by atoms with E-state index in [0.717, 1.165) is 0 Å². The van der Waals surface area contributed by atoms with E-state index >= 15 is 0 Å². The van der Waals surface area contributed by atoms with Gasteiger partial charge in [0.25, 0.3) is 0 Å². The fraction of sp³-hybridized carbons (Fsp3) is 0.750. The summed E-state index contributed by atoms with van der Waals surface area (Å²) < 4.78 is 2.03. The first-order valence-corrected chi connectivity index (χ1v) is 2.70. The van der Waals surface area contributed by atoms with Crippen molar-refractivity contribution >= 4 is 4.49 Å². The molecule has 0 heterocycles. The molecule has 0 aliphatic rings. The summed E-state index contributed by atoms with van der Waals surface area (Å²) in [5.41, 5.74) is 0. The summed E-state index contributed by atoms with van der Waals surface area (Å²) in [6.45, 7) is 2.16. The molecule has 0 aromatic heterocycles. The first kappa shape index (κ1) is 5.53. The van der Waals surface area contributed by atoms with Crippen molar-refractivity contribution in [3.05, 3.63) is 0 Å². The van der Waals surface area contributed by atoms with E-state index in [0.29, 0.717) is 0 Å². The Balaban J connectivity index is 2.40. The monoisotopic (exact) mass is 162 g/mol. The van der Waals surface area contributed by atoms with Gasteiger partial charge < -0.3 is 0 Å². The fourth-order valence-corrected chi connectivity index (χ4v) is 0.540. The first-order valence-electron chi connectivity index (χ1n) is 1.80. The molecule has 1 heteroatoms. The van der Waals surface area contributed by atoms with Gasteiger partial charge in [0.1, 0.15) is 0 Å². The van der Waals surface area contributed by atoms with Gasteiger partial charge in [-0.05, 0) is 0 Å². The van der Waals surface area contributed by atoms with Crippen LogP contribution < -0.4 is 0 Å². The molecule has 0 saturated carbocycles. The number of hydrogen-bond donors (Lipinski definition) is 0. The van der Waals surface area contributed by atoms with Crippen molar-refractivity contribution < 1.29 is 18.7 Å². The molecular formula is C4H8Pd. The van der Waals surface area contributed by atoms with Crippen LogP contribution in [-0.4, -0.2) is 4.49 Å². The van der Waals surface area contributed by atoms with E-state index in [9.17, 15) is 0 Å². The van der Waals surface area contributed by atoms with E-state index < -0.39 is 0 Å². The molecule has 0 aromatic rings. The second-order valence-corrected chi connectivity index (χ2v) is 1.55. The average molecular weight is 163 g/mol. The second kappa shape index (κ2) is 4.53. The van der Waals surface area contributed by atoms with Gasteiger partial charge in [-0.25, -0.2) is 0 Å². The zero-order valence-corrected chi connectivity index (χ0v) is 4.86. The fourth-order valence-electron chi connectivity index (χ4n) is 0.0913. The van der Waals surface area contributed by atoms with Crippen molar-refractivity contribution in [3.8, 4) is 0 Å². The zero-order valence-electron chi connectivity index (χ0n) is 3.31. The third kappa shape index (κ3) is 4.53. The molecule has 0 saturated heterocycles. The molecule has 34 valence electrons. The third-order valence-corrected chi connectivity index (χ3v) is 0.829. The minimum absolute atomic E-state index is 1.20. The molecule has 0 rings (SSSR count). The SMILES string of the molecule is CCC[CH]=[Pd]. The van der Waals surface area contributed by atoms with Gasteiger partial charge in [-0.1, -0.05) is 0 Å². The van der Waals surface area contributed by atoms with Gasteiger partial charge in [-0.15, -0.1) is 0 Å². The van der Waals surface area contributed by atoms with Crippen LogP contribution in [0.1, 0.15) is 19.8 Å². The molecule has 0 nitrogen and oxygen atoms in total. The van der Waals surface area contributed by atoms with Crippen molar-refractivity contribution in [2.45, 2.75) is 19.8 Å². The summed E-state index contributed by atoms with van der Waals surface area (Å²) in [6.07, 6.45) is 2.45. The molecule has 0 aromatic carbocycles. The minimum atomic E-state index is 1.20. The van der Waals surface area contributed by atoms with Gasteiger partial charge in [-0.2, -0.15) is 0 Å². The molecule has 0 amide bonds. The van der Waals surface area contributed by atoms with E-state index in [2.05, 4.69) is 25.7 Å². The molecule has 0 radical (unpaired) electrons. The van der Waals surface area contributed by atoms with Crippen molar-refractivity contribution in [3.63, 3.8) is 0 Å². The summed E-state index contributed by atoms with van der Waals surface area (Å²) in [5, 5.41) is 0. The maximum atomic E-state index is 2.96. The van der Waals surface area contributed by atoms with Crippen LogP contribution in [0.3, 0.4) is 0 Å². The summed E-state index contributed by atoms with van der Waals surface area (Å²) in [6, 6.07) is 0. The van der Waals surface area contributed by atoms with Crippen LogP contribution in [0.25, 0.3) is 0 Å². The molecular weight excluding hydrogens is 154 g/mol. The Morgan fingerprint density at radius 2 is 2.40 bits per heavy atom. The summed E-state index contributed by atoms with van der Waals surface area (Å²) in [4.78, 5) is 0. The summed E-state index contributed by atoms with van der Waals surface area (Å²) >= 11 is 2.96. The van der Waals surface area contributed by atoms with Crippen LogP contribution in [-0.2, 0) is 18.7 Å². The Labute approximate surface area is 43.5 Å². The number of hydrogen-bond acceptors (Lipinski definition) is 0. The van der Waals surface area contributed by atoms with E-state index in [-0.39, 0.29) is 0 Å². The van der Waals surface area contributed by atoms with E-state index in [4.69, 9.17) is 0 Å². The quantitative estimate of drug-likeness (QED) is 0.534. The molecule has 0 spiro atoms. The molecule has 0 fully saturated rings. The van der Waals surface area contributed by atoms with E-state index in [1.165, 1.54) is 12.8 Å². The zero-order chi connectivity index (χ0) is 4.12. The summed E-state index contributed by atoms with van der Waals surface area (Å²) in [5.74, 6) is 0. The van der Waals surface area contributed by atoms with Crippen LogP contribution >= 0.6 is 0 Å². The Morgan fingerprint density at radius 3 is 2.40 bits per heavy atom. The predicted molar refractivity (Wildman–Crippen MR) is 21.0 cm³/mol. The van der Waals surface area contributed by atoms with Crippen LogP contribution in [0.4, 0.5) is 0 Å². The maximum absolute atomic E-state index is 2.96. The first-order chi connectivity index (χ1) is 2.41. The number of unbranched alkanes of at least 4 members (excludes halogenated alkanes) is 1. The molecule has 0 aliphatic carbocycles. The molecule has 0 bridgehead atoms. The molecule has 0 unspecified atom stereocenters. The third-order valence-electron chi connectivity index (χ3n) is 0.380. The normalized spacial score (nSPS) is 7.80. The average Bonchev–Trinajstić information content (AvgIpc) is 1.41. The molecule has 5 heavy (non-hydrogen) atoms. The Kier molecular flexibility index (Phi) is 5.01. The van der Waals surface area contributed by atoms with E-state index in [1.54, 1.807) is 0 Å². The van der Waals surface area contributed by atoms with Crippen molar-refractivity contribution in [1.82, 2.24) is 0 Å². The predicted octanol–water partition coefficient (Wildman–Crippen LogP) is 1.14. The van der Waals surface area contributed by atoms with Gasteiger partial charge >= 0.3 is 43.0 Å². The topological polar surface area (TPSA) is 0 Å². The molecule has 0 N–H and O–H groups in total. The Morgan fingerprint density at radius 1 is 1.80 bits per heavy atom. The number of rotatable bonds is 2. The van der Waals surface area contributed by atoms with Crippen molar-refractivity contribution in [1.29, 1.82) is 0 Å². The van der Waals surface area contributed by atoms with Crippen LogP contribution in [0.15, 0.2) is 0 Å². The van der Waals surface area contributed by atoms with Gasteiger partial charge in [0.15, 0.2) is 0 Å². The van der Waals surface area contributed by atoms with Gasteiger partial charge in [0, 0.05) is 0 Å². The molecule has 0 atom stereocenters. The Hall–Kier alpha value is 0.532. The molecule has 0 aliphatic heterocycles. The van der Waals surface area contributed by atoms with Crippen LogP contribution in [0.5, 0.6) is 0 Å². The van der Waals surface area contributed by atoms with E-state index in [1.807, 2.05) is 4.49 Å². The standard InChI is InChI=1S/C4H8.Pd/c1-3-4-2;/h1H,3-4H2,2H3;. The van der Waals surface area contributed by atoms with Crippen LogP contribution in [0.2, 0.25) is 0 Å². The van der Waals surface area contributed by atoms with Gasteiger partial charge in [0.2, 0.25) is 0 Å². The van der Waals surface area contributed by atoms with Crippen molar-refractivity contribution in [2.75, 3.05) is 0 Å². The second-order valence-electron chi connectivity index (χ2n) is 0.918. The van der Waals surface area contributed by atoms with Crippen LogP contribution in [0, 0.1) is 0 Å².